The van der Waals surface area contributed by atoms with Gasteiger partial charge in [0.1, 0.15) is 0 Å². The molecule has 0 bridgehead atoms. The van der Waals surface area contributed by atoms with Crippen molar-refractivity contribution in [3.8, 4) is 11.5 Å². The number of hydrogen-bond donors (Lipinski definition) is 1. The molecule has 35 heavy (non-hydrogen) atoms. The second-order valence-electron chi connectivity index (χ2n) is 8.92. The number of fused-ring (bicyclic) bond motifs is 1. The predicted octanol–water partition coefficient (Wildman–Crippen LogP) is 5.07. The van der Waals surface area contributed by atoms with Gasteiger partial charge in [-0.25, -0.2) is 0 Å². The summed E-state index contributed by atoms with van der Waals surface area (Å²) in [5, 5.41) is 2.52. The number of hydrogen-bond acceptors (Lipinski definition) is 4. The fourth-order valence-electron chi connectivity index (χ4n) is 5.31. The fourth-order valence-corrected chi connectivity index (χ4v) is 8.25. The average molecular weight is 484 g/mol. The van der Waals surface area contributed by atoms with Crippen molar-refractivity contribution in [3.63, 3.8) is 0 Å². The average Bonchev–Trinajstić information content (AvgIpc) is 2.93. The van der Waals surface area contributed by atoms with Crippen molar-refractivity contribution in [2.24, 2.45) is 5.73 Å². The van der Waals surface area contributed by atoms with Gasteiger partial charge in [0.15, 0.2) is 18.6 Å². The molecule has 2 N–H and O–H groups in total. The Kier molecular flexibility index (Phi) is 6.51. The lowest BCUT2D eigenvalue weighted by Crippen LogP contribution is -2.33. The first-order chi connectivity index (χ1) is 17.1. The monoisotopic (exact) mass is 483 g/mol. The normalized spacial score (nSPS) is 17.5. The van der Waals surface area contributed by atoms with Gasteiger partial charge >= 0.3 is 0 Å². The molecule has 1 aliphatic rings. The van der Waals surface area contributed by atoms with E-state index in [1.165, 1.54) is 5.56 Å². The Balaban J connectivity index is 1.66. The summed E-state index contributed by atoms with van der Waals surface area (Å²) < 4.78 is 26.2. The first-order valence-electron chi connectivity index (χ1n) is 11.9. The van der Waals surface area contributed by atoms with Gasteiger partial charge in [0, 0.05) is 27.9 Å². The summed E-state index contributed by atoms with van der Waals surface area (Å²) in [5.74, 6) is 1.42. The lowest BCUT2D eigenvalue weighted by Gasteiger charge is -2.34. The largest absolute Gasteiger partial charge is 0.493 e. The molecule has 0 amide bonds. The van der Waals surface area contributed by atoms with Crippen molar-refractivity contribution in [2.75, 3.05) is 14.2 Å². The Bertz CT molecular complexity index is 1330. The minimum atomic E-state index is -3.12. The topological polar surface area (TPSA) is 61.6 Å². The summed E-state index contributed by atoms with van der Waals surface area (Å²) in [6.45, 7) is 0. The quantitative estimate of drug-likeness (QED) is 0.389. The first-order valence-corrected chi connectivity index (χ1v) is 13.6. The van der Waals surface area contributed by atoms with Crippen LogP contribution in [0.25, 0.3) is 0 Å². The third kappa shape index (κ3) is 4.07. The van der Waals surface area contributed by atoms with Gasteiger partial charge in [-0.2, -0.15) is 0 Å². The highest BCUT2D eigenvalue weighted by molar-refractivity contribution is 7.85. The molecular weight excluding hydrogens is 453 g/mol. The molecule has 5 rings (SSSR count). The van der Waals surface area contributed by atoms with Crippen LogP contribution in [0.5, 0.6) is 11.5 Å². The lowest BCUT2D eigenvalue weighted by atomic mass is 9.76. The minimum Gasteiger partial charge on any atom is -0.493 e. The number of benzene rings is 4. The van der Waals surface area contributed by atoms with E-state index in [0.717, 1.165) is 45.6 Å². The number of rotatable bonds is 6. The molecule has 0 aliphatic heterocycles. The van der Waals surface area contributed by atoms with Crippen LogP contribution in [0.2, 0.25) is 0 Å². The van der Waals surface area contributed by atoms with E-state index in [0.29, 0.717) is 5.75 Å². The molecule has 1 aliphatic carbocycles. The minimum absolute atomic E-state index is 0.0255. The predicted molar refractivity (Wildman–Crippen MR) is 143 cm³/mol. The highest BCUT2D eigenvalue weighted by Crippen LogP contribution is 2.48. The highest BCUT2D eigenvalue weighted by Gasteiger charge is 2.37. The third-order valence-corrected chi connectivity index (χ3v) is 10.2. The maximum Gasteiger partial charge on any atom is 0.171 e. The van der Waals surface area contributed by atoms with Crippen LogP contribution >= 0.6 is 7.14 Å². The Morgan fingerprint density at radius 2 is 1.29 bits per heavy atom. The third-order valence-electron chi connectivity index (χ3n) is 7.08. The fraction of sp³-hybridized carbons (Fsp3) is 0.200. The van der Waals surface area contributed by atoms with Crippen LogP contribution in [-0.4, -0.2) is 14.2 Å². The van der Waals surface area contributed by atoms with E-state index in [4.69, 9.17) is 15.2 Å². The summed E-state index contributed by atoms with van der Waals surface area (Å²) in [6, 6.07) is 31.5. The van der Waals surface area contributed by atoms with E-state index >= 15 is 4.57 Å². The maximum absolute atomic E-state index is 15.1. The van der Waals surface area contributed by atoms with Crippen molar-refractivity contribution in [1.82, 2.24) is 0 Å². The molecule has 0 spiro atoms. The van der Waals surface area contributed by atoms with E-state index in [2.05, 4.69) is 6.07 Å². The van der Waals surface area contributed by atoms with Gasteiger partial charge < -0.3 is 19.8 Å². The Labute approximate surface area is 207 Å². The molecule has 4 aromatic carbocycles. The Hall–Kier alpha value is -3.33. The van der Waals surface area contributed by atoms with Gasteiger partial charge in [0.05, 0.1) is 14.2 Å². The van der Waals surface area contributed by atoms with Crippen molar-refractivity contribution in [2.45, 2.75) is 24.8 Å². The molecule has 0 saturated heterocycles. The summed E-state index contributed by atoms with van der Waals surface area (Å²) >= 11 is 0. The summed E-state index contributed by atoms with van der Waals surface area (Å²) in [6.07, 6.45) is 1.73. The molecule has 0 aromatic heterocycles. The summed E-state index contributed by atoms with van der Waals surface area (Å²) in [4.78, 5) is 0. The van der Waals surface area contributed by atoms with Gasteiger partial charge in [-0.05, 0) is 41.7 Å². The number of ether oxygens (including phenoxy) is 2. The second-order valence-corrected chi connectivity index (χ2v) is 11.6. The van der Waals surface area contributed by atoms with Gasteiger partial charge in [-0.3, -0.25) is 0 Å². The van der Waals surface area contributed by atoms with Gasteiger partial charge in [-0.15, -0.1) is 0 Å². The van der Waals surface area contributed by atoms with E-state index in [-0.39, 0.29) is 12.0 Å². The van der Waals surface area contributed by atoms with Crippen LogP contribution in [0, 0.1) is 0 Å². The van der Waals surface area contributed by atoms with Crippen molar-refractivity contribution in [1.29, 1.82) is 0 Å². The van der Waals surface area contributed by atoms with Gasteiger partial charge in [-0.1, -0.05) is 84.9 Å². The number of nitrogens with two attached hydrogens (primary N) is 1. The van der Waals surface area contributed by atoms with Crippen molar-refractivity contribution >= 4 is 23.1 Å². The molecular formula is C30H30NO3P. The molecule has 2 unspecified atom stereocenters. The zero-order valence-electron chi connectivity index (χ0n) is 20.1. The second kappa shape index (κ2) is 9.73. The van der Waals surface area contributed by atoms with E-state index in [1.54, 1.807) is 14.2 Å². The number of aryl methyl sites for hydroxylation is 1. The van der Waals surface area contributed by atoms with Crippen LogP contribution in [0.1, 0.15) is 35.1 Å². The standard InChI is InChI=1S/C30H30NO3P/c1-33-27-19-21-17-18-25(30(31)26(21)20-28(27)34-2)24-15-9-10-16-29(24)35(32,22-11-5-3-6-12-22)23-13-7-4-8-14-23/h3-16,19-20,25,30H,17-18,31H2,1-2H3. The summed E-state index contributed by atoms with van der Waals surface area (Å²) in [5.41, 5.74) is 10.2. The molecule has 4 nitrogen and oxygen atoms in total. The molecule has 2 atom stereocenters. The highest BCUT2D eigenvalue weighted by atomic mass is 31.2. The molecule has 0 heterocycles. The summed E-state index contributed by atoms with van der Waals surface area (Å²) in [7, 11) is 0.170. The van der Waals surface area contributed by atoms with Crippen LogP contribution in [0.4, 0.5) is 0 Å². The van der Waals surface area contributed by atoms with E-state index in [9.17, 15) is 0 Å². The van der Waals surface area contributed by atoms with Gasteiger partial charge in [0.2, 0.25) is 0 Å². The van der Waals surface area contributed by atoms with Crippen molar-refractivity contribution < 1.29 is 14.0 Å². The van der Waals surface area contributed by atoms with Crippen LogP contribution < -0.4 is 31.1 Å². The van der Waals surface area contributed by atoms with E-state index < -0.39 is 7.14 Å². The SMILES string of the molecule is COc1cc2c(cc1OC)C(N)C(c1ccccc1P(=O)(c1ccccc1)c1ccccc1)CC2. The Morgan fingerprint density at radius 3 is 1.89 bits per heavy atom. The van der Waals surface area contributed by atoms with Crippen LogP contribution in [0.15, 0.2) is 97.1 Å². The molecule has 0 radical (unpaired) electrons. The van der Waals surface area contributed by atoms with Crippen LogP contribution in [-0.2, 0) is 11.0 Å². The molecule has 0 fully saturated rings. The Morgan fingerprint density at radius 1 is 0.743 bits per heavy atom. The lowest BCUT2D eigenvalue weighted by molar-refractivity contribution is 0.352. The zero-order valence-corrected chi connectivity index (χ0v) is 21.0. The molecule has 0 saturated carbocycles. The smallest absolute Gasteiger partial charge is 0.171 e. The molecule has 4 aromatic rings. The number of methoxy groups -OCH3 is 2. The van der Waals surface area contributed by atoms with Crippen molar-refractivity contribution in [3.05, 3.63) is 114 Å². The molecule has 178 valence electrons. The van der Waals surface area contributed by atoms with Gasteiger partial charge in [0.25, 0.3) is 0 Å². The van der Waals surface area contributed by atoms with E-state index in [1.807, 2.05) is 91.0 Å². The maximum atomic E-state index is 15.1. The zero-order chi connectivity index (χ0) is 24.4. The first kappa shape index (κ1) is 23.4. The van der Waals surface area contributed by atoms with Crippen LogP contribution in [0.3, 0.4) is 0 Å². The molecule has 5 heteroatoms.